The first-order valence-corrected chi connectivity index (χ1v) is 7.33. The number of aliphatic hydroxyl groups excluding tert-OH is 1. The summed E-state index contributed by atoms with van der Waals surface area (Å²) in [5.74, 6) is -0.942. The molecule has 1 heterocycles. The van der Waals surface area contributed by atoms with E-state index in [1.54, 1.807) is 36.4 Å². The number of allylic oxidation sites excluding steroid dienone is 3. The van der Waals surface area contributed by atoms with Gasteiger partial charge in [0.05, 0.1) is 11.8 Å². The van der Waals surface area contributed by atoms with E-state index in [4.69, 9.17) is 20.4 Å². The lowest BCUT2D eigenvalue weighted by Gasteiger charge is -2.06. The molecule has 1 aromatic heterocycles. The van der Waals surface area contributed by atoms with Gasteiger partial charge in [-0.15, -0.1) is 0 Å². The second-order valence-electron chi connectivity index (χ2n) is 3.86. The molecule has 2 aromatic rings. The summed E-state index contributed by atoms with van der Waals surface area (Å²) in [6.07, 6.45) is 7.64. The first kappa shape index (κ1) is 21.0. The fraction of sp³-hybridized carbons (Fsp3) is 0.167. The lowest BCUT2D eigenvalue weighted by molar-refractivity contribution is -0.104. The Labute approximate surface area is 141 Å². The second-order valence-corrected chi connectivity index (χ2v) is 3.86. The van der Waals surface area contributed by atoms with Gasteiger partial charge in [0.1, 0.15) is 0 Å². The van der Waals surface area contributed by atoms with E-state index < -0.39 is 5.97 Å². The van der Waals surface area contributed by atoms with Crippen LogP contribution < -0.4 is 10.1 Å². The molecule has 6 heteroatoms. The molecule has 0 saturated carbocycles. The smallest absolute Gasteiger partial charge is 0.358 e. The molecule has 24 heavy (non-hydrogen) atoms. The molecule has 0 amide bonds. The number of rotatable bonds is 5. The monoisotopic (exact) mass is 331 g/mol. The summed E-state index contributed by atoms with van der Waals surface area (Å²) < 4.78 is 5.32. The number of nitrogens with zero attached hydrogens (tertiary/aromatic N) is 1. The van der Waals surface area contributed by atoms with E-state index in [9.17, 15) is 4.79 Å². The fourth-order valence-electron chi connectivity index (χ4n) is 1.63. The summed E-state index contributed by atoms with van der Waals surface area (Å²) in [5.41, 5.74) is 0.488. The Bertz CT molecular complexity index is 709. The number of benzene rings is 1. The summed E-state index contributed by atoms with van der Waals surface area (Å²) in [6, 6.07) is 8.89. The number of carboxylic acids is 1. The fourth-order valence-corrected chi connectivity index (χ4v) is 1.63. The number of hydrogen-bond acceptors (Lipinski definition) is 4. The first-order chi connectivity index (χ1) is 11.7. The zero-order valence-electron chi connectivity index (χ0n) is 14.0. The molecule has 0 aliphatic carbocycles. The van der Waals surface area contributed by atoms with Gasteiger partial charge in [-0.05, 0) is 18.2 Å². The van der Waals surface area contributed by atoms with Crippen molar-refractivity contribution < 1.29 is 25.2 Å². The quantitative estimate of drug-likeness (QED) is 0.440. The molecule has 1 aromatic carbocycles. The maximum Gasteiger partial charge on any atom is 0.358 e. The van der Waals surface area contributed by atoms with Crippen LogP contribution >= 0.6 is 0 Å². The molecular formula is C18H23N2O4+. The zero-order chi connectivity index (χ0) is 18.4. The number of para-hydroxylation sites is 1. The molecule has 0 unspecified atom stereocenters. The lowest BCUT2D eigenvalue weighted by atomic mass is 10.2. The van der Waals surface area contributed by atoms with Crippen LogP contribution in [0.15, 0.2) is 54.8 Å². The Morgan fingerprint density at radius 1 is 1.17 bits per heavy atom. The van der Waals surface area contributed by atoms with Crippen LogP contribution in [0, 0.1) is 0 Å². The van der Waals surface area contributed by atoms with E-state index in [2.05, 4.69) is 4.98 Å². The highest BCUT2D eigenvalue weighted by Crippen LogP contribution is 2.23. The maximum atomic E-state index is 11.2. The normalized spacial score (nSPS) is 9.83. The molecule has 0 atom stereocenters. The minimum atomic E-state index is -1.13. The summed E-state index contributed by atoms with van der Waals surface area (Å²) in [6.45, 7) is 4.00. The van der Waals surface area contributed by atoms with Crippen LogP contribution in [0.5, 0.6) is 5.75 Å². The van der Waals surface area contributed by atoms with Crippen LogP contribution in [0.4, 0.5) is 0 Å². The van der Waals surface area contributed by atoms with Gasteiger partial charge in [-0.2, -0.15) is 0 Å². The predicted molar refractivity (Wildman–Crippen MR) is 95.1 cm³/mol. The second kappa shape index (κ2) is 12.5. The average Bonchev–Trinajstić information content (AvgIpc) is 2.64. The van der Waals surface area contributed by atoms with Crippen LogP contribution in [0.3, 0.4) is 0 Å². The van der Waals surface area contributed by atoms with Crippen LogP contribution in [0.2, 0.25) is 0 Å². The average molecular weight is 331 g/mol. The van der Waals surface area contributed by atoms with Gasteiger partial charge in [-0.3, -0.25) is 5.41 Å². The van der Waals surface area contributed by atoms with E-state index in [1.165, 1.54) is 12.5 Å². The zero-order valence-corrected chi connectivity index (χ0v) is 14.0. The van der Waals surface area contributed by atoms with Gasteiger partial charge < -0.3 is 14.9 Å². The Balaban J connectivity index is 0.00000123. The standard InChI is InChI=1S/C15H12N2O3.C2H6.CH4O/c16-8-4-1-5-9-20-13-10-11-6-2-3-7-12(11)17-14(13)15(18)19;2*1-2/h1-10,16H,(H,18,19);1-2H3;2H,1H3/p+1/b4-1-,9-5-,16-8?;;. The minimum absolute atomic E-state index is 0.122. The van der Waals surface area contributed by atoms with Crippen molar-refractivity contribution >= 4 is 23.1 Å². The van der Waals surface area contributed by atoms with Crippen molar-refractivity contribution in [2.75, 3.05) is 7.11 Å². The summed E-state index contributed by atoms with van der Waals surface area (Å²) in [5, 5.41) is 22.1. The number of fused-ring (bicyclic) bond motifs is 1. The molecule has 0 radical (unpaired) electrons. The van der Waals surface area contributed by atoms with E-state index in [1.807, 2.05) is 26.0 Å². The molecule has 0 fully saturated rings. The van der Waals surface area contributed by atoms with Crippen molar-refractivity contribution in [1.29, 1.82) is 0 Å². The third-order valence-corrected chi connectivity index (χ3v) is 2.50. The Kier molecular flexibility index (Phi) is 11.0. The number of aliphatic hydroxyl groups is 1. The molecule has 0 aliphatic rings. The Morgan fingerprint density at radius 3 is 2.46 bits per heavy atom. The highest BCUT2D eigenvalue weighted by Gasteiger charge is 2.14. The summed E-state index contributed by atoms with van der Waals surface area (Å²) in [4.78, 5) is 15.3. The highest BCUT2D eigenvalue weighted by molar-refractivity contribution is 5.93. The maximum absolute atomic E-state index is 11.2. The number of hydrogen-bond donors (Lipinski definition) is 3. The lowest BCUT2D eigenvalue weighted by Crippen LogP contribution is -2.27. The van der Waals surface area contributed by atoms with Gasteiger partial charge >= 0.3 is 5.97 Å². The van der Waals surface area contributed by atoms with Crippen molar-refractivity contribution in [1.82, 2.24) is 4.98 Å². The molecule has 4 N–H and O–H groups in total. The first-order valence-electron chi connectivity index (χ1n) is 7.33. The minimum Gasteiger partial charge on any atom is -0.476 e. The molecule has 0 saturated heterocycles. The van der Waals surface area contributed by atoms with E-state index in [-0.39, 0.29) is 11.4 Å². The van der Waals surface area contributed by atoms with Gasteiger partial charge in [-0.1, -0.05) is 38.1 Å². The van der Waals surface area contributed by atoms with E-state index in [0.29, 0.717) is 5.52 Å². The molecule has 2 rings (SSSR count). The number of nitrogens with two attached hydrogens (primary N) is 1. The molecule has 128 valence electrons. The summed E-state index contributed by atoms with van der Waals surface area (Å²) >= 11 is 0. The van der Waals surface area contributed by atoms with Crippen molar-refractivity contribution in [3.8, 4) is 5.75 Å². The third kappa shape index (κ3) is 6.41. The molecular weight excluding hydrogens is 308 g/mol. The summed E-state index contributed by atoms with van der Waals surface area (Å²) in [7, 11) is 1.00. The molecule has 0 bridgehead atoms. The number of carboxylic acid groups (broad SMARTS) is 1. The van der Waals surface area contributed by atoms with Gasteiger partial charge in [-0.25, -0.2) is 9.78 Å². The highest BCUT2D eigenvalue weighted by atomic mass is 16.5. The van der Waals surface area contributed by atoms with E-state index in [0.717, 1.165) is 12.5 Å². The number of pyridine rings is 1. The topological polar surface area (TPSA) is 105 Å². The number of ether oxygens (including phenoxy) is 1. The Hall–Kier alpha value is -2.99. The van der Waals surface area contributed by atoms with E-state index >= 15 is 0 Å². The van der Waals surface area contributed by atoms with Crippen LogP contribution in [-0.2, 0) is 0 Å². The van der Waals surface area contributed by atoms with Gasteiger partial charge in [0.25, 0.3) is 0 Å². The van der Waals surface area contributed by atoms with Gasteiger partial charge in [0, 0.05) is 18.6 Å². The van der Waals surface area contributed by atoms with Crippen molar-refractivity contribution in [3.05, 3.63) is 60.5 Å². The predicted octanol–water partition coefficient (Wildman–Crippen LogP) is 1.85. The SMILES string of the molecule is CC.CO.[NH2+]=C/C=C\C=C/Oc1cc2ccccc2nc1C(=O)O. The number of aromatic carboxylic acids is 1. The van der Waals surface area contributed by atoms with Crippen LogP contribution in [0.1, 0.15) is 24.3 Å². The van der Waals surface area contributed by atoms with Gasteiger partial charge in [0.15, 0.2) is 17.7 Å². The van der Waals surface area contributed by atoms with Crippen molar-refractivity contribution in [3.63, 3.8) is 0 Å². The van der Waals surface area contributed by atoms with Crippen molar-refractivity contribution in [2.24, 2.45) is 0 Å². The molecule has 6 nitrogen and oxygen atoms in total. The van der Waals surface area contributed by atoms with Crippen LogP contribution in [-0.4, -0.2) is 34.5 Å². The molecule has 0 aliphatic heterocycles. The van der Waals surface area contributed by atoms with Crippen LogP contribution in [0.25, 0.3) is 10.9 Å². The third-order valence-electron chi connectivity index (χ3n) is 2.50. The number of carbonyl (C=O) groups is 1. The largest absolute Gasteiger partial charge is 0.476 e. The molecule has 0 spiro atoms. The Morgan fingerprint density at radius 2 is 1.83 bits per heavy atom. The van der Waals surface area contributed by atoms with Gasteiger partial charge in [0.2, 0.25) is 0 Å². The number of aromatic nitrogens is 1. The van der Waals surface area contributed by atoms with Crippen molar-refractivity contribution in [2.45, 2.75) is 13.8 Å².